The molecule has 2 saturated carbocycles. The molecule has 1 heterocycles. The van der Waals surface area contributed by atoms with Crippen molar-refractivity contribution in [3.8, 4) is 0 Å². The number of nitrogens with one attached hydrogen (secondary N) is 3. The Morgan fingerprint density at radius 3 is 2.04 bits per heavy atom. The Hall–Kier alpha value is -3.28. The van der Waals surface area contributed by atoms with Gasteiger partial charge in [0.05, 0.1) is 17.5 Å². The standard InChI is InChI=1S/C36H54N4O7S/c1-21(41)29(42)25(17-22-15-16-22)37-31(43)28-27-24(36(27,8)9)18-40(28)32(44)30(35(5,6)7)39-33(45)38-26(34(2,3)4)20-48(46,47)19-23-13-11-10-12-14-23/h10-14,22,24-28,30H,15-20H2,1-9H3,(H,37,43)(H2,38,39,45)/t24?,25?,26-,27?,28+,30-/m1/s1. The maximum atomic E-state index is 14.3. The van der Waals surface area contributed by atoms with Crippen LogP contribution in [0.25, 0.3) is 0 Å². The van der Waals surface area contributed by atoms with Gasteiger partial charge in [0.15, 0.2) is 15.6 Å². The number of carbonyl (C=O) groups is 5. The fourth-order valence-corrected chi connectivity index (χ4v) is 8.94. The monoisotopic (exact) mass is 686 g/mol. The van der Waals surface area contributed by atoms with Crippen LogP contribution in [0.15, 0.2) is 30.3 Å². The van der Waals surface area contributed by atoms with Crippen LogP contribution in [0.5, 0.6) is 0 Å². The number of rotatable bonds is 13. The van der Waals surface area contributed by atoms with Crippen molar-refractivity contribution in [1.82, 2.24) is 20.9 Å². The number of ketones is 2. The van der Waals surface area contributed by atoms with E-state index in [0.717, 1.165) is 12.8 Å². The third kappa shape index (κ3) is 8.84. The molecule has 4 rings (SSSR count). The third-order valence-corrected chi connectivity index (χ3v) is 12.0. The van der Waals surface area contributed by atoms with E-state index in [1.807, 2.05) is 47.6 Å². The van der Waals surface area contributed by atoms with Crippen molar-refractivity contribution in [2.45, 2.75) is 111 Å². The van der Waals surface area contributed by atoms with Crippen molar-refractivity contribution in [1.29, 1.82) is 0 Å². The number of urea groups is 1. The first-order valence-electron chi connectivity index (χ1n) is 17.0. The summed E-state index contributed by atoms with van der Waals surface area (Å²) in [5.41, 5.74) is -0.930. The Balaban J connectivity index is 1.51. The van der Waals surface area contributed by atoms with Crippen molar-refractivity contribution in [2.24, 2.45) is 34.0 Å². The number of piperidine rings is 1. The van der Waals surface area contributed by atoms with Crippen LogP contribution < -0.4 is 16.0 Å². The number of amides is 4. The zero-order valence-corrected chi connectivity index (χ0v) is 30.7. The van der Waals surface area contributed by atoms with Gasteiger partial charge in [0.1, 0.15) is 12.1 Å². The second-order valence-corrected chi connectivity index (χ2v) is 19.0. The summed E-state index contributed by atoms with van der Waals surface area (Å²) in [5, 5.41) is 8.49. The molecular formula is C36H54N4O7S. The fourth-order valence-electron chi connectivity index (χ4n) is 7.03. The summed E-state index contributed by atoms with van der Waals surface area (Å²) >= 11 is 0. The lowest BCUT2D eigenvalue weighted by molar-refractivity contribution is -0.145. The van der Waals surface area contributed by atoms with Crippen LogP contribution in [0.3, 0.4) is 0 Å². The topological polar surface area (TPSA) is 159 Å². The van der Waals surface area contributed by atoms with Gasteiger partial charge in [-0.1, -0.05) is 98.6 Å². The molecule has 0 aromatic heterocycles. The molecule has 3 aliphatic rings. The molecule has 11 nitrogen and oxygen atoms in total. The zero-order valence-electron chi connectivity index (χ0n) is 29.9. The number of carbonyl (C=O) groups excluding carboxylic acids is 5. The number of fused-ring (bicyclic) bond motifs is 1. The van der Waals surface area contributed by atoms with Crippen LogP contribution >= 0.6 is 0 Å². The van der Waals surface area contributed by atoms with Gasteiger partial charge in [0, 0.05) is 19.5 Å². The van der Waals surface area contributed by atoms with Crippen molar-refractivity contribution in [2.75, 3.05) is 12.3 Å². The summed E-state index contributed by atoms with van der Waals surface area (Å²) in [5.74, 6) is -2.39. The van der Waals surface area contributed by atoms with Gasteiger partial charge >= 0.3 is 6.03 Å². The van der Waals surface area contributed by atoms with E-state index in [1.54, 1.807) is 24.3 Å². The van der Waals surface area contributed by atoms with Crippen molar-refractivity contribution < 1.29 is 32.4 Å². The number of hydrogen-bond acceptors (Lipinski definition) is 7. The Morgan fingerprint density at radius 2 is 1.52 bits per heavy atom. The predicted molar refractivity (Wildman–Crippen MR) is 183 cm³/mol. The van der Waals surface area contributed by atoms with Crippen LogP contribution in [0.1, 0.15) is 87.1 Å². The first-order valence-corrected chi connectivity index (χ1v) is 18.8. The van der Waals surface area contributed by atoms with Crippen molar-refractivity contribution in [3.63, 3.8) is 0 Å². The maximum absolute atomic E-state index is 14.3. The molecular weight excluding hydrogens is 632 g/mol. The fraction of sp³-hybridized carbons (Fsp3) is 0.694. The quantitative estimate of drug-likeness (QED) is 0.267. The molecule has 3 unspecified atom stereocenters. The zero-order chi connectivity index (χ0) is 36.0. The molecule has 0 radical (unpaired) electrons. The number of hydrogen-bond donors (Lipinski definition) is 3. The minimum Gasteiger partial charge on any atom is -0.344 e. The van der Waals surface area contributed by atoms with E-state index in [0.29, 0.717) is 18.5 Å². The van der Waals surface area contributed by atoms with Gasteiger partial charge in [-0.25, -0.2) is 13.2 Å². The second kappa shape index (κ2) is 13.6. The number of Topliss-reactive ketones (excluding diaryl/α,β-unsaturated/α-hetero) is 2. The third-order valence-electron chi connectivity index (χ3n) is 10.4. The first kappa shape index (κ1) is 37.5. The lowest BCUT2D eigenvalue weighted by atomic mass is 9.85. The molecule has 2 aliphatic carbocycles. The van der Waals surface area contributed by atoms with Crippen molar-refractivity contribution >= 4 is 39.2 Å². The summed E-state index contributed by atoms with van der Waals surface area (Å²) < 4.78 is 26.4. The van der Waals surface area contributed by atoms with E-state index in [-0.39, 0.29) is 34.7 Å². The number of benzene rings is 1. The molecule has 1 aliphatic heterocycles. The summed E-state index contributed by atoms with van der Waals surface area (Å²) in [7, 11) is -3.61. The highest BCUT2D eigenvalue weighted by atomic mass is 32.2. The average molecular weight is 687 g/mol. The lowest BCUT2D eigenvalue weighted by Crippen LogP contribution is -2.62. The predicted octanol–water partition coefficient (Wildman–Crippen LogP) is 3.66. The van der Waals surface area contributed by atoms with Gasteiger partial charge in [-0.2, -0.15) is 0 Å². The molecule has 6 atom stereocenters. The molecule has 0 bridgehead atoms. The molecule has 1 aromatic carbocycles. The van der Waals surface area contributed by atoms with E-state index in [4.69, 9.17) is 0 Å². The van der Waals surface area contributed by atoms with Crippen molar-refractivity contribution in [3.05, 3.63) is 35.9 Å². The summed E-state index contributed by atoms with van der Waals surface area (Å²) in [4.78, 5) is 68.1. The van der Waals surface area contributed by atoms with Crippen LogP contribution in [0.4, 0.5) is 4.79 Å². The molecule has 266 valence electrons. The molecule has 1 saturated heterocycles. The SMILES string of the molecule is CC(=O)C(=O)C(CC1CC1)NC(=O)[C@@H]1C2C(CN1C(=O)[C@@H](NC(=O)N[C@H](CS(=O)(=O)Cc1ccccc1)C(C)(C)C)C(C)(C)C)C2(C)C. The highest BCUT2D eigenvalue weighted by molar-refractivity contribution is 7.90. The lowest BCUT2D eigenvalue weighted by Gasteiger charge is -2.38. The Morgan fingerprint density at radius 1 is 0.917 bits per heavy atom. The van der Waals surface area contributed by atoms with E-state index >= 15 is 0 Å². The minimum atomic E-state index is -3.61. The van der Waals surface area contributed by atoms with E-state index in [1.165, 1.54) is 11.8 Å². The van der Waals surface area contributed by atoms with Gasteiger partial charge in [-0.3, -0.25) is 19.2 Å². The van der Waals surface area contributed by atoms with E-state index in [9.17, 15) is 32.4 Å². The Kier molecular flexibility index (Phi) is 10.6. The average Bonchev–Trinajstić information content (AvgIpc) is 3.81. The smallest absolute Gasteiger partial charge is 0.315 e. The Bertz CT molecular complexity index is 1520. The van der Waals surface area contributed by atoms with Gasteiger partial charge in [0.2, 0.25) is 17.6 Å². The molecule has 3 N–H and O–H groups in total. The van der Waals surface area contributed by atoms with E-state index in [2.05, 4.69) is 29.8 Å². The van der Waals surface area contributed by atoms with E-state index < -0.39 is 74.2 Å². The summed E-state index contributed by atoms with van der Waals surface area (Å²) in [6.45, 7) is 16.6. The highest BCUT2D eigenvalue weighted by Crippen LogP contribution is 2.65. The first-order chi connectivity index (χ1) is 22.0. The summed E-state index contributed by atoms with van der Waals surface area (Å²) in [6.07, 6.45) is 2.28. The normalized spacial score (nSPS) is 23.7. The van der Waals surface area contributed by atoms with Gasteiger partial charge < -0.3 is 20.9 Å². The second-order valence-electron chi connectivity index (χ2n) is 16.9. The molecule has 0 spiro atoms. The van der Waals surface area contributed by atoms with Gasteiger partial charge in [-0.15, -0.1) is 0 Å². The number of nitrogens with zero attached hydrogens (tertiary/aromatic N) is 1. The highest BCUT2D eigenvalue weighted by Gasteiger charge is 2.70. The van der Waals surface area contributed by atoms with Gasteiger partial charge in [0.25, 0.3) is 0 Å². The van der Waals surface area contributed by atoms with Crippen LogP contribution in [-0.2, 0) is 34.8 Å². The number of likely N-dealkylation sites (tertiary alicyclic amines) is 1. The summed E-state index contributed by atoms with van der Waals surface area (Å²) in [6, 6.07) is 4.57. The molecule has 1 aromatic rings. The molecule has 3 fully saturated rings. The molecule has 12 heteroatoms. The Labute approximate surface area is 285 Å². The van der Waals surface area contributed by atoms with Crippen LogP contribution in [0, 0.1) is 34.0 Å². The largest absolute Gasteiger partial charge is 0.344 e. The minimum absolute atomic E-state index is 0.0668. The molecule has 4 amide bonds. The molecule has 48 heavy (non-hydrogen) atoms. The van der Waals surface area contributed by atoms with Crippen LogP contribution in [-0.4, -0.2) is 79.2 Å². The number of sulfone groups is 1. The van der Waals surface area contributed by atoms with Crippen LogP contribution in [0.2, 0.25) is 0 Å². The van der Waals surface area contributed by atoms with Gasteiger partial charge in [-0.05, 0) is 46.0 Å². The maximum Gasteiger partial charge on any atom is 0.315 e.